The van der Waals surface area contributed by atoms with Crippen LogP contribution >= 0.6 is 23.1 Å². The molecular formula is C49H55BrF2N11O4P. The first-order valence-electron chi connectivity index (χ1n) is 24.2. The number of amides is 2. The Morgan fingerprint density at radius 1 is 0.956 bits per heavy atom. The summed E-state index contributed by atoms with van der Waals surface area (Å²) in [5.41, 5.74) is 4.44. The van der Waals surface area contributed by atoms with Crippen molar-refractivity contribution >= 4 is 79.9 Å². The van der Waals surface area contributed by atoms with E-state index in [-0.39, 0.29) is 0 Å². The second kappa shape index (κ2) is 20.0. The van der Waals surface area contributed by atoms with Gasteiger partial charge in [0.2, 0.25) is 17.8 Å². The van der Waals surface area contributed by atoms with Gasteiger partial charge in [-0.15, -0.1) is 0 Å². The molecule has 0 radical (unpaired) electrons. The second-order valence-electron chi connectivity index (χ2n) is 17.6. The van der Waals surface area contributed by atoms with Gasteiger partial charge in [0.1, 0.15) is 30.3 Å². The number of nitrogens with zero attached hydrogens (tertiary/aromatic N) is 8. The van der Waals surface area contributed by atoms with Gasteiger partial charge in [0, 0.05) is 121 Å². The van der Waals surface area contributed by atoms with Gasteiger partial charge in [-0.3, -0.25) is 29.5 Å². The van der Waals surface area contributed by atoms with Crippen LogP contribution in [-0.2, 0) is 27.6 Å². The predicted molar refractivity (Wildman–Crippen MR) is 265 cm³/mol. The lowest BCUT2D eigenvalue weighted by Crippen LogP contribution is -2.53. The van der Waals surface area contributed by atoms with Crippen molar-refractivity contribution in [3.05, 3.63) is 101 Å². The number of nitrogens with one attached hydrogen (secondary N) is 3. The van der Waals surface area contributed by atoms with E-state index in [4.69, 9.17) is 13.8 Å². The molecule has 2 amide bonds. The van der Waals surface area contributed by atoms with Crippen molar-refractivity contribution in [3.8, 4) is 16.9 Å². The molecular weight excluding hydrogens is 955 g/mol. The molecule has 356 valence electrons. The fourth-order valence-electron chi connectivity index (χ4n) is 9.40. The van der Waals surface area contributed by atoms with Crippen LogP contribution in [0.5, 0.6) is 5.75 Å². The quantitative estimate of drug-likeness (QED) is 0.0713. The molecule has 3 aliphatic heterocycles. The van der Waals surface area contributed by atoms with Crippen molar-refractivity contribution in [3.63, 3.8) is 0 Å². The molecule has 3 N–H and O–H groups in total. The van der Waals surface area contributed by atoms with Gasteiger partial charge in [-0.2, -0.15) is 10.1 Å². The minimum atomic E-state index is -2.77. The number of hydrogen-bond donors (Lipinski definition) is 3. The molecule has 15 nitrogen and oxygen atoms in total. The summed E-state index contributed by atoms with van der Waals surface area (Å²) in [6.45, 7) is 11.3. The van der Waals surface area contributed by atoms with Crippen LogP contribution in [0.1, 0.15) is 53.7 Å². The van der Waals surface area contributed by atoms with E-state index in [1.807, 2.05) is 50.6 Å². The minimum absolute atomic E-state index is 0.313. The van der Waals surface area contributed by atoms with Crippen LogP contribution in [0.3, 0.4) is 0 Å². The van der Waals surface area contributed by atoms with E-state index in [9.17, 15) is 14.2 Å². The van der Waals surface area contributed by atoms with E-state index in [1.54, 1.807) is 35.7 Å². The summed E-state index contributed by atoms with van der Waals surface area (Å²) < 4.78 is 77.5. The third-order valence-electron chi connectivity index (χ3n) is 12.7. The summed E-state index contributed by atoms with van der Waals surface area (Å²) in [5, 5.41) is 14.6. The molecule has 0 aliphatic carbocycles. The lowest BCUT2D eigenvalue weighted by molar-refractivity contribution is -0.134. The number of carbonyl (C=O) groups excluding carboxylic acids is 2. The highest BCUT2D eigenvalue weighted by atomic mass is 79.9. The zero-order chi connectivity index (χ0) is 50.4. The van der Waals surface area contributed by atoms with Gasteiger partial charge < -0.3 is 29.7 Å². The molecule has 19 heteroatoms. The third kappa shape index (κ3) is 10.3. The summed E-state index contributed by atoms with van der Waals surface area (Å²) >= 11 is 3.61. The Balaban J connectivity index is 0.861. The van der Waals surface area contributed by atoms with Crippen molar-refractivity contribution in [1.82, 2.24) is 39.8 Å². The minimum Gasteiger partial charge on any atom is -0.492 e. The second-order valence-corrected chi connectivity index (χ2v) is 21.6. The van der Waals surface area contributed by atoms with Crippen molar-refractivity contribution in [1.29, 1.82) is 0 Å². The molecule has 6 heterocycles. The number of fused-ring (bicyclic) bond motifs is 1. The SMILES string of the molecule is [2H]C1([2H])CC([2H])(c2c(F)cc(CCN3CCN(C4CCN(c5cc(OCC)c(Nc6ncc(Br)c(Nc7cnc8ccccc8c7P(C)(C)=O)n6)cc5-c5cnn(C)c5)CC4)CC3)cc2F)C(=O)NC1=O. The summed E-state index contributed by atoms with van der Waals surface area (Å²) in [6, 6.07) is 14.3. The number of anilines is 5. The zero-order valence-electron chi connectivity index (χ0n) is 41.3. The number of rotatable bonds is 14. The maximum atomic E-state index is 15.4. The Labute approximate surface area is 406 Å². The van der Waals surface area contributed by atoms with E-state index < -0.39 is 54.8 Å². The van der Waals surface area contributed by atoms with Gasteiger partial charge in [0.15, 0.2) is 0 Å². The molecule has 3 saturated heterocycles. The highest BCUT2D eigenvalue weighted by Crippen LogP contribution is 2.43. The predicted octanol–water partition coefficient (Wildman–Crippen LogP) is 7.95. The number of ether oxygens (including phenoxy) is 1. The molecule has 0 bridgehead atoms. The number of pyridine rings is 1. The summed E-state index contributed by atoms with van der Waals surface area (Å²) in [4.78, 5) is 45.7. The van der Waals surface area contributed by atoms with Gasteiger partial charge in [-0.1, -0.05) is 18.2 Å². The van der Waals surface area contributed by atoms with E-state index in [0.29, 0.717) is 69.8 Å². The zero-order valence-corrected chi connectivity index (χ0v) is 40.8. The number of aromatic nitrogens is 5. The summed E-state index contributed by atoms with van der Waals surface area (Å²) in [7, 11) is -0.884. The van der Waals surface area contributed by atoms with Gasteiger partial charge in [0.25, 0.3) is 0 Å². The van der Waals surface area contributed by atoms with Crippen molar-refractivity contribution in [2.45, 2.75) is 50.9 Å². The maximum absolute atomic E-state index is 15.4. The van der Waals surface area contributed by atoms with Crippen LogP contribution in [0.2, 0.25) is 0 Å². The number of benzene rings is 3. The molecule has 0 saturated carbocycles. The normalized spacial score (nSPS) is 20.2. The number of aryl methyl sites for hydroxylation is 1. The molecule has 6 aromatic rings. The molecule has 3 aromatic carbocycles. The Hall–Kier alpha value is -5.81. The van der Waals surface area contributed by atoms with E-state index >= 15 is 8.78 Å². The van der Waals surface area contributed by atoms with E-state index in [1.165, 1.54) is 0 Å². The molecule has 1 atom stereocenters. The number of para-hydroxylation sites is 1. The number of halogens is 3. The number of piperazine rings is 1. The highest BCUT2D eigenvalue weighted by Gasteiger charge is 2.33. The van der Waals surface area contributed by atoms with Crippen LogP contribution < -0.4 is 30.9 Å². The van der Waals surface area contributed by atoms with Crippen LogP contribution in [0.15, 0.2) is 77.8 Å². The first-order chi connectivity index (χ1) is 33.8. The van der Waals surface area contributed by atoms with Crippen molar-refractivity contribution < 1.29 is 31.8 Å². The number of hydrogen-bond acceptors (Lipinski definition) is 13. The summed E-state index contributed by atoms with van der Waals surface area (Å²) in [5.74, 6) is -5.93. The Kier molecular flexibility index (Phi) is 12.8. The van der Waals surface area contributed by atoms with Crippen molar-refractivity contribution in [2.75, 3.05) is 81.3 Å². The fraction of sp³-hybridized carbons (Fsp3) is 0.388. The van der Waals surface area contributed by atoms with Crippen molar-refractivity contribution in [2.24, 2.45) is 7.05 Å². The van der Waals surface area contributed by atoms with Gasteiger partial charge in [-0.05, 0) is 91.7 Å². The van der Waals surface area contributed by atoms with Crippen LogP contribution in [0.25, 0.3) is 22.0 Å². The van der Waals surface area contributed by atoms with Gasteiger partial charge >= 0.3 is 0 Å². The van der Waals surface area contributed by atoms with Crippen LogP contribution in [0.4, 0.5) is 37.6 Å². The first kappa shape index (κ1) is 43.5. The molecule has 3 aliphatic rings. The third-order valence-corrected chi connectivity index (χ3v) is 14.9. The number of imide groups is 1. The Bertz CT molecular complexity index is 3050. The molecule has 3 fully saturated rings. The van der Waals surface area contributed by atoms with E-state index in [2.05, 4.69) is 68.5 Å². The molecule has 0 spiro atoms. The monoisotopic (exact) mass is 1010 g/mol. The molecule has 68 heavy (non-hydrogen) atoms. The highest BCUT2D eigenvalue weighted by molar-refractivity contribution is 9.10. The molecule has 1 unspecified atom stereocenters. The average molecular weight is 1010 g/mol. The largest absolute Gasteiger partial charge is 0.492 e. The van der Waals surface area contributed by atoms with Crippen LogP contribution in [-0.4, -0.2) is 118 Å². The van der Waals surface area contributed by atoms with Crippen LogP contribution in [0, 0.1) is 11.6 Å². The average Bonchev–Trinajstić information content (AvgIpc) is 3.77. The standard InChI is InChI=1S/C49H55BrF2N11O4P/c1-5-67-43-25-42(63-16-13-32(14-17-63)62-20-18-61(19-21-62)15-12-30-22-37(51)45(38(52)23-30)34-10-11-44(64)58-48(34)65)35(31-26-55-60(2)29-31)24-40(43)57-49-54-27-36(50)47(59-49)56-41-28-53-39-9-7-6-8-33(39)46(41)68(3,4)66/h6-9,22-29,32,34H,5,10-21H2,1-4H3,(H,58,64,65)(H2,54,56,57,59)/i11D2,34D. The smallest absolute Gasteiger partial charge is 0.234 e. The van der Waals surface area contributed by atoms with Gasteiger partial charge in [-0.25, -0.2) is 13.8 Å². The molecule has 9 rings (SSSR count). The topological polar surface area (TPSA) is 163 Å². The first-order valence-corrected chi connectivity index (χ1v) is 26.1. The summed E-state index contributed by atoms with van der Waals surface area (Å²) in [6.07, 6.45) is 5.77. The number of piperidine rings is 2. The Morgan fingerprint density at radius 3 is 2.41 bits per heavy atom. The maximum Gasteiger partial charge on any atom is 0.234 e. The van der Waals surface area contributed by atoms with E-state index in [0.717, 1.165) is 92.0 Å². The molecule has 3 aromatic heterocycles. The van der Waals surface area contributed by atoms with Gasteiger partial charge in [0.05, 0.1) is 46.3 Å². The Morgan fingerprint density at radius 2 is 1.71 bits per heavy atom. The lowest BCUT2D eigenvalue weighted by atomic mass is 9.89. The fourth-order valence-corrected chi connectivity index (χ4v) is 11.2. The lowest BCUT2D eigenvalue weighted by Gasteiger charge is -2.43. The number of carbonyl (C=O) groups is 2.